The van der Waals surface area contributed by atoms with E-state index in [1.54, 1.807) is 42.5 Å². The zero-order chi connectivity index (χ0) is 19.6. The molecule has 7 nitrogen and oxygen atoms in total. The van der Waals surface area contributed by atoms with Gasteiger partial charge in [0.2, 0.25) is 0 Å². The second-order valence-corrected chi connectivity index (χ2v) is 5.35. The Morgan fingerprint density at radius 3 is 2.33 bits per heavy atom. The number of methoxy groups -OCH3 is 1. The van der Waals surface area contributed by atoms with Crippen LogP contribution >= 0.6 is 0 Å². The van der Waals surface area contributed by atoms with E-state index in [1.165, 1.54) is 7.11 Å². The first kappa shape index (κ1) is 20.1. The number of ether oxygens (including phenoxy) is 4. The van der Waals surface area contributed by atoms with Crippen molar-refractivity contribution in [2.24, 2.45) is 0 Å². The van der Waals surface area contributed by atoms with Gasteiger partial charge in [-0.05, 0) is 38.1 Å². The maximum absolute atomic E-state index is 12.1. The van der Waals surface area contributed by atoms with E-state index in [0.717, 1.165) is 0 Å². The van der Waals surface area contributed by atoms with Crippen LogP contribution in [-0.4, -0.2) is 38.8 Å². The van der Waals surface area contributed by atoms with Gasteiger partial charge >= 0.3 is 5.97 Å². The molecule has 1 N–H and O–H groups in total. The van der Waals surface area contributed by atoms with Crippen LogP contribution < -0.4 is 19.5 Å². The number of hydrogen-bond donors (Lipinski definition) is 1. The van der Waals surface area contributed by atoms with Gasteiger partial charge in [-0.25, -0.2) is 4.79 Å². The third-order valence-corrected chi connectivity index (χ3v) is 3.49. The summed E-state index contributed by atoms with van der Waals surface area (Å²) >= 11 is 0. The minimum Gasteiger partial charge on any atom is -0.496 e. The fraction of sp³-hybridized carbons (Fsp3) is 0.300. The molecule has 0 saturated carbocycles. The first-order valence-electron chi connectivity index (χ1n) is 8.58. The molecule has 0 fully saturated rings. The van der Waals surface area contributed by atoms with Gasteiger partial charge in [-0.15, -0.1) is 0 Å². The molecule has 0 saturated heterocycles. The Bertz CT molecular complexity index is 790. The first-order chi connectivity index (χ1) is 13.1. The summed E-state index contributed by atoms with van der Waals surface area (Å²) in [5.74, 6) is 0.410. The van der Waals surface area contributed by atoms with Crippen molar-refractivity contribution in [2.45, 2.75) is 13.8 Å². The number of rotatable bonds is 9. The molecule has 7 heteroatoms. The van der Waals surface area contributed by atoms with Gasteiger partial charge < -0.3 is 24.3 Å². The van der Waals surface area contributed by atoms with Crippen molar-refractivity contribution in [1.82, 2.24) is 0 Å². The Balaban J connectivity index is 1.97. The molecule has 2 aromatic rings. The van der Waals surface area contributed by atoms with Gasteiger partial charge in [0.15, 0.2) is 18.1 Å². The van der Waals surface area contributed by atoms with Crippen LogP contribution in [0.3, 0.4) is 0 Å². The smallest absolute Gasteiger partial charge is 0.342 e. The molecule has 27 heavy (non-hydrogen) atoms. The van der Waals surface area contributed by atoms with Crippen LogP contribution in [0.2, 0.25) is 0 Å². The molecule has 144 valence electrons. The lowest BCUT2D eigenvalue weighted by Gasteiger charge is -2.13. The number of carbonyl (C=O) groups is 2. The minimum absolute atomic E-state index is 0.257. The Morgan fingerprint density at radius 2 is 1.63 bits per heavy atom. The molecule has 0 bridgehead atoms. The summed E-state index contributed by atoms with van der Waals surface area (Å²) in [6, 6.07) is 11.7. The third kappa shape index (κ3) is 5.64. The molecular weight excluding hydrogens is 350 g/mol. The Labute approximate surface area is 158 Å². The number of esters is 1. The Hall–Kier alpha value is -3.22. The van der Waals surface area contributed by atoms with E-state index in [9.17, 15) is 9.59 Å². The largest absolute Gasteiger partial charge is 0.496 e. The van der Waals surface area contributed by atoms with Crippen molar-refractivity contribution in [3.05, 3.63) is 48.0 Å². The highest BCUT2D eigenvalue weighted by Crippen LogP contribution is 2.30. The number of para-hydroxylation sites is 1. The third-order valence-electron chi connectivity index (χ3n) is 3.49. The van der Waals surface area contributed by atoms with E-state index in [0.29, 0.717) is 36.1 Å². The summed E-state index contributed by atoms with van der Waals surface area (Å²) < 4.78 is 21.2. The molecule has 0 heterocycles. The second kappa shape index (κ2) is 10.1. The van der Waals surface area contributed by atoms with Crippen molar-refractivity contribution in [3.8, 4) is 17.2 Å². The predicted molar refractivity (Wildman–Crippen MR) is 101 cm³/mol. The molecule has 0 aliphatic heterocycles. The van der Waals surface area contributed by atoms with Crippen molar-refractivity contribution in [3.63, 3.8) is 0 Å². The highest BCUT2D eigenvalue weighted by molar-refractivity contribution is 5.96. The summed E-state index contributed by atoms with van der Waals surface area (Å²) in [6.07, 6.45) is 0. The van der Waals surface area contributed by atoms with Gasteiger partial charge in [0, 0.05) is 11.8 Å². The summed E-state index contributed by atoms with van der Waals surface area (Å²) in [6.45, 7) is 4.28. The zero-order valence-corrected chi connectivity index (χ0v) is 15.6. The molecule has 2 rings (SSSR count). The van der Waals surface area contributed by atoms with Crippen molar-refractivity contribution < 1.29 is 28.5 Å². The molecule has 0 radical (unpaired) electrons. The quantitative estimate of drug-likeness (QED) is 0.679. The van der Waals surface area contributed by atoms with Crippen LogP contribution in [0.4, 0.5) is 5.69 Å². The molecule has 0 aliphatic carbocycles. The lowest BCUT2D eigenvalue weighted by Crippen LogP contribution is -2.21. The number of hydrogen-bond acceptors (Lipinski definition) is 6. The minimum atomic E-state index is -0.635. The standard InChI is InChI=1S/C20H23NO6/c1-4-25-17-11-10-14(12-18(17)26-5-2)21-19(22)13-27-20(23)15-8-6-7-9-16(15)24-3/h6-12H,4-5,13H2,1-3H3,(H,21,22). The molecule has 0 aromatic heterocycles. The van der Waals surface area contributed by atoms with Crippen LogP contribution in [0.5, 0.6) is 17.2 Å². The Kier molecular flexibility index (Phi) is 7.49. The van der Waals surface area contributed by atoms with E-state index in [-0.39, 0.29) is 5.56 Å². The summed E-state index contributed by atoms with van der Waals surface area (Å²) in [7, 11) is 1.46. The van der Waals surface area contributed by atoms with E-state index < -0.39 is 18.5 Å². The Morgan fingerprint density at radius 1 is 0.926 bits per heavy atom. The molecule has 0 unspecified atom stereocenters. The highest BCUT2D eigenvalue weighted by atomic mass is 16.5. The second-order valence-electron chi connectivity index (χ2n) is 5.35. The summed E-state index contributed by atoms with van der Waals surface area (Å²) in [5.41, 5.74) is 0.771. The molecular formula is C20H23NO6. The first-order valence-corrected chi connectivity index (χ1v) is 8.58. The van der Waals surface area contributed by atoms with E-state index in [4.69, 9.17) is 18.9 Å². The van der Waals surface area contributed by atoms with Gasteiger partial charge in [-0.1, -0.05) is 12.1 Å². The number of amides is 1. The molecule has 0 spiro atoms. The maximum Gasteiger partial charge on any atom is 0.342 e. The molecule has 0 atom stereocenters. The van der Waals surface area contributed by atoms with E-state index >= 15 is 0 Å². The number of carbonyl (C=O) groups excluding carboxylic acids is 2. The van der Waals surface area contributed by atoms with Crippen molar-refractivity contribution >= 4 is 17.6 Å². The normalized spacial score (nSPS) is 10.0. The van der Waals surface area contributed by atoms with E-state index in [2.05, 4.69) is 5.32 Å². The van der Waals surface area contributed by atoms with Gasteiger partial charge in [0.1, 0.15) is 11.3 Å². The summed E-state index contributed by atoms with van der Waals surface area (Å²) in [5, 5.41) is 2.66. The van der Waals surface area contributed by atoms with E-state index in [1.807, 2.05) is 13.8 Å². The van der Waals surface area contributed by atoms with Gasteiger partial charge in [-0.3, -0.25) is 4.79 Å². The lowest BCUT2D eigenvalue weighted by molar-refractivity contribution is -0.119. The average Bonchev–Trinajstić information content (AvgIpc) is 2.68. The maximum atomic E-state index is 12.1. The van der Waals surface area contributed by atoms with Crippen LogP contribution in [-0.2, 0) is 9.53 Å². The van der Waals surface area contributed by atoms with Gasteiger partial charge in [-0.2, -0.15) is 0 Å². The SMILES string of the molecule is CCOc1ccc(NC(=O)COC(=O)c2ccccc2OC)cc1OCC. The molecule has 0 aliphatic rings. The van der Waals surface area contributed by atoms with Gasteiger partial charge in [0.05, 0.1) is 20.3 Å². The van der Waals surface area contributed by atoms with Crippen molar-refractivity contribution in [2.75, 3.05) is 32.2 Å². The highest BCUT2D eigenvalue weighted by Gasteiger charge is 2.15. The van der Waals surface area contributed by atoms with Gasteiger partial charge in [0.25, 0.3) is 5.91 Å². The fourth-order valence-corrected chi connectivity index (χ4v) is 2.35. The predicted octanol–water partition coefficient (Wildman–Crippen LogP) is 3.29. The monoisotopic (exact) mass is 373 g/mol. The fourth-order valence-electron chi connectivity index (χ4n) is 2.35. The van der Waals surface area contributed by atoms with Crippen LogP contribution in [0, 0.1) is 0 Å². The summed E-state index contributed by atoms with van der Waals surface area (Å²) in [4.78, 5) is 24.2. The van der Waals surface area contributed by atoms with Crippen LogP contribution in [0.25, 0.3) is 0 Å². The molecule has 2 aromatic carbocycles. The molecule has 1 amide bonds. The van der Waals surface area contributed by atoms with Crippen molar-refractivity contribution in [1.29, 1.82) is 0 Å². The zero-order valence-electron chi connectivity index (χ0n) is 15.6. The lowest BCUT2D eigenvalue weighted by atomic mass is 10.2. The number of benzene rings is 2. The van der Waals surface area contributed by atoms with Crippen LogP contribution in [0.1, 0.15) is 24.2 Å². The average molecular weight is 373 g/mol. The number of anilines is 1. The number of nitrogens with one attached hydrogen (secondary N) is 1. The topological polar surface area (TPSA) is 83.1 Å². The van der Waals surface area contributed by atoms with Crippen LogP contribution in [0.15, 0.2) is 42.5 Å².